The average molecular weight is 356 g/mol. The Kier molecular flexibility index (Phi) is 4.12. The summed E-state index contributed by atoms with van der Waals surface area (Å²) in [7, 11) is 1.75. The molecule has 4 rings (SSSR count). The van der Waals surface area contributed by atoms with E-state index in [9.17, 15) is 4.79 Å². The lowest BCUT2D eigenvalue weighted by Crippen LogP contribution is -2.45. The highest BCUT2D eigenvalue weighted by Gasteiger charge is 2.24. The molecule has 0 amide bonds. The van der Waals surface area contributed by atoms with E-state index in [4.69, 9.17) is 0 Å². The summed E-state index contributed by atoms with van der Waals surface area (Å²) in [6.45, 7) is 3.66. The zero-order valence-electron chi connectivity index (χ0n) is 14.3. The van der Waals surface area contributed by atoms with E-state index in [0.717, 1.165) is 42.0 Å². The molecule has 1 atom stereocenters. The molecule has 1 N–H and O–H groups in total. The average Bonchev–Trinajstić information content (AvgIpc) is 2.99. The maximum Gasteiger partial charge on any atom is 0.293 e. The molecule has 1 aliphatic heterocycles. The van der Waals surface area contributed by atoms with Gasteiger partial charge in [0, 0.05) is 43.4 Å². The van der Waals surface area contributed by atoms with Crippen LogP contribution in [0.25, 0.3) is 10.2 Å². The normalized spacial score (nSPS) is 17.8. The molecule has 0 spiro atoms. The third-order valence-electron chi connectivity index (χ3n) is 4.51. The molecule has 1 aliphatic rings. The Balaban J connectivity index is 1.57. The molecule has 1 saturated heterocycles. The van der Waals surface area contributed by atoms with Crippen molar-refractivity contribution in [3.63, 3.8) is 0 Å². The molecular weight excluding hydrogens is 336 g/mol. The maximum atomic E-state index is 12.3. The van der Waals surface area contributed by atoms with Crippen molar-refractivity contribution in [3.8, 4) is 0 Å². The summed E-state index contributed by atoms with van der Waals surface area (Å²) < 4.78 is 1.57. The Hall–Kier alpha value is -2.48. The maximum absolute atomic E-state index is 12.3. The predicted octanol–water partition coefficient (Wildman–Crippen LogP) is 2.17. The lowest BCUT2D eigenvalue weighted by Gasteiger charge is -2.33. The lowest BCUT2D eigenvalue weighted by molar-refractivity contribution is 0.523. The zero-order valence-corrected chi connectivity index (χ0v) is 15.1. The minimum absolute atomic E-state index is 0.0546. The summed E-state index contributed by atoms with van der Waals surface area (Å²) in [5, 5.41) is 4.61. The number of nitrogens with zero attached hydrogens (tertiary/aromatic N) is 5. The zero-order chi connectivity index (χ0) is 17.4. The van der Waals surface area contributed by atoms with Gasteiger partial charge in [-0.1, -0.05) is 0 Å². The summed E-state index contributed by atoms with van der Waals surface area (Å²) in [5.74, 6) is 1.39. The smallest absolute Gasteiger partial charge is 0.293 e. The van der Waals surface area contributed by atoms with Crippen molar-refractivity contribution < 1.29 is 0 Å². The van der Waals surface area contributed by atoms with E-state index < -0.39 is 0 Å². The number of nitrogens with one attached hydrogen (secondary N) is 1. The van der Waals surface area contributed by atoms with E-state index in [-0.39, 0.29) is 11.6 Å². The third kappa shape index (κ3) is 3.09. The topological polar surface area (TPSA) is 75.9 Å². The Morgan fingerprint density at radius 3 is 3.08 bits per heavy atom. The quantitative estimate of drug-likeness (QED) is 0.775. The molecule has 0 radical (unpaired) electrons. The number of rotatable bonds is 3. The monoisotopic (exact) mass is 356 g/mol. The van der Waals surface area contributed by atoms with Crippen LogP contribution in [0.2, 0.25) is 0 Å². The first kappa shape index (κ1) is 16.0. The Morgan fingerprint density at radius 1 is 1.32 bits per heavy atom. The first-order chi connectivity index (χ1) is 12.1. The third-order valence-corrected chi connectivity index (χ3v) is 5.47. The predicted molar refractivity (Wildman–Crippen MR) is 100 cm³/mol. The van der Waals surface area contributed by atoms with E-state index in [1.165, 1.54) is 4.88 Å². The second kappa shape index (κ2) is 6.44. The summed E-state index contributed by atoms with van der Waals surface area (Å²) >= 11 is 1.67. The van der Waals surface area contributed by atoms with Crippen molar-refractivity contribution in [2.75, 3.05) is 23.3 Å². The van der Waals surface area contributed by atoms with E-state index >= 15 is 0 Å². The standard InChI is InChI=1S/C17H20N6OS/c1-11-8-13-14(19-10-20-16(13)25-11)21-12-4-3-6-23(9-12)15-17(24)22(2)7-5-18-15/h5,7-8,10,12H,3-4,6,9H2,1-2H3,(H,19,20,21)/t12-/m1/s1. The van der Waals surface area contributed by atoms with Gasteiger partial charge in [0.1, 0.15) is 17.0 Å². The van der Waals surface area contributed by atoms with Crippen LogP contribution in [0.15, 0.2) is 29.6 Å². The van der Waals surface area contributed by atoms with Crippen molar-refractivity contribution in [1.29, 1.82) is 0 Å². The first-order valence-electron chi connectivity index (χ1n) is 8.36. The van der Waals surface area contributed by atoms with Gasteiger partial charge in [0.25, 0.3) is 5.56 Å². The molecule has 0 aliphatic carbocycles. The van der Waals surface area contributed by atoms with Gasteiger partial charge in [-0.2, -0.15) is 0 Å². The van der Waals surface area contributed by atoms with Crippen LogP contribution in [0.5, 0.6) is 0 Å². The van der Waals surface area contributed by atoms with Gasteiger partial charge in [0.15, 0.2) is 5.82 Å². The van der Waals surface area contributed by atoms with Gasteiger partial charge in [-0.3, -0.25) is 4.79 Å². The van der Waals surface area contributed by atoms with E-state index in [1.807, 2.05) is 0 Å². The van der Waals surface area contributed by atoms with Crippen LogP contribution in [-0.4, -0.2) is 38.7 Å². The van der Waals surface area contributed by atoms with Gasteiger partial charge in [-0.25, -0.2) is 15.0 Å². The number of fused-ring (bicyclic) bond motifs is 1. The fourth-order valence-corrected chi connectivity index (χ4v) is 4.12. The molecule has 25 heavy (non-hydrogen) atoms. The molecule has 0 aromatic carbocycles. The van der Waals surface area contributed by atoms with Crippen LogP contribution in [-0.2, 0) is 7.05 Å². The van der Waals surface area contributed by atoms with Gasteiger partial charge in [0.2, 0.25) is 0 Å². The number of piperidine rings is 1. The summed E-state index contributed by atoms with van der Waals surface area (Å²) in [5.41, 5.74) is -0.0546. The molecule has 3 aromatic rings. The van der Waals surface area contributed by atoms with E-state index in [2.05, 4.69) is 38.2 Å². The second-order valence-electron chi connectivity index (χ2n) is 6.39. The minimum atomic E-state index is -0.0546. The van der Waals surface area contributed by atoms with Gasteiger partial charge < -0.3 is 14.8 Å². The van der Waals surface area contributed by atoms with Crippen LogP contribution in [0.1, 0.15) is 17.7 Å². The number of hydrogen-bond donors (Lipinski definition) is 1. The van der Waals surface area contributed by atoms with Crippen molar-refractivity contribution in [3.05, 3.63) is 40.0 Å². The summed E-state index contributed by atoms with van der Waals surface area (Å²) in [6, 6.07) is 2.34. The van der Waals surface area contributed by atoms with Crippen LogP contribution in [0, 0.1) is 6.92 Å². The number of aromatic nitrogens is 4. The number of anilines is 2. The van der Waals surface area contributed by atoms with Gasteiger partial charge in [-0.05, 0) is 25.8 Å². The van der Waals surface area contributed by atoms with Gasteiger partial charge in [-0.15, -0.1) is 11.3 Å². The van der Waals surface area contributed by atoms with Crippen LogP contribution in [0.4, 0.5) is 11.6 Å². The molecule has 7 nitrogen and oxygen atoms in total. The fourth-order valence-electron chi connectivity index (χ4n) is 3.27. The van der Waals surface area contributed by atoms with Crippen molar-refractivity contribution >= 4 is 33.2 Å². The van der Waals surface area contributed by atoms with Crippen molar-refractivity contribution in [2.45, 2.75) is 25.8 Å². The van der Waals surface area contributed by atoms with Crippen LogP contribution in [0.3, 0.4) is 0 Å². The molecule has 0 unspecified atom stereocenters. The Labute approximate surface area is 149 Å². The molecule has 4 heterocycles. The number of hydrogen-bond acceptors (Lipinski definition) is 7. The minimum Gasteiger partial charge on any atom is -0.365 e. The van der Waals surface area contributed by atoms with E-state index in [0.29, 0.717) is 5.82 Å². The number of thiophene rings is 1. The summed E-state index contributed by atoms with van der Waals surface area (Å²) in [4.78, 5) is 29.7. The lowest BCUT2D eigenvalue weighted by atomic mass is 10.1. The first-order valence-corrected chi connectivity index (χ1v) is 9.18. The van der Waals surface area contributed by atoms with Gasteiger partial charge in [0.05, 0.1) is 5.39 Å². The fraction of sp³-hybridized carbons (Fsp3) is 0.412. The molecule has 3 aromatic heterocycles. The molecule has 0 bridgehead atoms. The van der Waals surface area contributed by atoms with Crippen molar-refractivity contribution in [1.82, 2.24) is 19.5 Å². The van der Waals surface area contributed by atoms with Crippen LogP contribution >= 0.6 is 11.3 Å². The van der Waals surface area contributed by atoms with Crippen molar-refractivity contribution in [2.24, 2.45) is 7.05 Å². The Morgan fingerprint density at radius 2 is 2.20 bits per heavy atom. The second-order valence-corrected chi connectivity index (χ2v) is 7.63. The summed E-state index contributed by atoms with van der Waals surface area (Å²) in [6.07, 6.45) is 7.01. The van der Waals surface area contributed by atoms with E-state index in [1.54, 1.807) is 41.7 Å². The van der Waals surface area contributed by atoms with Crippen LogP contribution < -0.4 is 15.8 Å². The highest BCUT2D eigenvalue weighted by atomic mass is 32.1. The molecule has 8 heteroatoms. The molecule has 130 valence electrons. The Bertz CT molecular complexity index is 965. The van der Waals surface area contributed by atoms with Gasteiger partial charge >= 0.3 is 0 Å². The largest absolute Gasteiger partial charge is 0.365 e. The SMILES string of the molecule is Cc1cc2c(N[C@@H]3CCCN(c4nccn(C)c4=O)C3)ncnc2s1. The molecule has 0 saturated carbocycles. The molecule has 1 fully saturated rings. The number of aryl methyl sites for hydroxylation is 2. The highest BCUT2D eigenvalue weighted by molar-refractivity contribution is 7.18. The molecular formula is C17H20N6OS. The highest BCUT2D eigenvalue weighted by Crippen LogP contribution is 2.28.